The number of piperidine rings is 1. The van der Waals surface area contributed by atoms with E-state index in [1.807, 2.05) is 40.8 Å². The van der Waals surface area contributed by atoms with Gasteiger partial charge >= 0.3 is 0 Å². The van der Waals surface area contributed by atoms with Crippen LogP contribution in [0, 0.1) is 0 Å². The second-order valence-corrected chi connectivity index (χ2v) is 5.83. The van der Waals surface area contributed by atoms with Crippen LogP contribution in [0.3, 0.4) is 0 Å². The maximum atomic E-state index is 12.9. The average Bonchev–Trinajstić information content (AvgIpc) is 3.21. The molecule has 1 aliphatic heterocycles. The van der Waals surface area contributed by atoms with Crippen molar-refractivity contribution in [1.82, 2.24) is 30.2 Å². The molecule has 2 N–H and O–H groups in total. The van der Waals surface area contributed by atoms with Crippen molar-refractivity contribution in [2.24, 2.45) is 0 Å². The van der Waals surface area contributed by atoms with Gasteiger partial charge in [-0.05, 0) is 45.0 Å². The monoisotopic (exact) mass is 374 g/mol. The van der Waals surface area contributed by atoms with E-state index in [0.29, 0.717) is 6.54 Å². The van der Waals surface area contributed by atoms with E-state index in [9.17, 15) is 4.79 Å². The van der Waals surface area contributed by atoms with Gasteiger partial charge in [0.05, 0.1) is 6.54 Å². The summed E-state index contributed by atoms with van der Waals surface area (Å²) in [6.45, 7) is 4.30. The zero-order valence-corrected chi connectivity index (χ0v) is 15.2. The van der Waals surface area contributed by atoms with Crippen molar-refractivity contribution in [3.8, 4) is 0 Å². The molecular formula is C15H24Cl2N6O. The smallest absolute Gasteiger partial charge is 0.248 e. The molecule has 0 radical (unpaired) electrons. The molecule has 1 amide bonds. The average molecular weight is 375 g/mol. The van der Waals surface area contributed by atoms with Crippen molar-refractivity contribution in [3.63, 3.8) is 0 Å². The topological polar surface area (TPSA) is 76.8 Å². The molecule has 2 aromatic rings. The summed E-state index contributed by atoms with van der Waals surface area (Å²) in [6.07, 6.45) is 8.74. The Bertz CT molecular complexity index is 596. The molecule has 3 rings (SSSR count). The summed E-state index contributed by atoms with van der Waals surface area (Å²) < 4.78 is 3.64. The van der Waals surface area contributed by atoms with Gasteiger partial charge in [0.2, 0.25) is 5.91 Å². The summed E-state index contributed by atoms with van der Waals surface area (Å²) >= 11 is 0. The van der Waals surface area contributed by atoms with Gasteiger partial charge in [-0.25, -0.2) is 0 Å². The predicted molar refractivity (Wildman–Crippen MR) is 96.6 cm³/mol. The fraction of sp³-hybridized carbons (Fsp3) is 0.533. The van der Waals surface area contributed by atoms with Crippen LogP contribution in [0.1, 0.15) is 19.8 Å². The van der Waals surface area contributed by atoms with E-state index < -0.39 is 5.54 Å². The minimum absolute atomic E-state index is 0. The molecule has 1 saturated heterocycles. The quantitative estimate of drug-likeness (QED) is 0.824. The first-order valence-electron chi connectivity index (χ1n) is 7.70. The fourth-order valence-corrected chi connectivity index (χ4v) is 3.02. The number of nitrogens with zero attached hydrogens (tertiary/aromatic N) is 4. The highest BCUT2D eigenvalue weighted by molar-refractivity contribution is 5.86. The van der Waals surface area contributed by atoms with Crippen LogP contribution in [0.25, 0.3) is 0 Å². The molecule has 1 fully saturated rings. The number of aromatic nitrogens is 4. The van der Waals surface area contributed by atoms with Crippen LogP contribution in [0.15, 0.2) is 36.9 Å². The molecule has 1 aliphatic rings. The molecule has 0 saturated carbocycles. The van der Waals surface area contributed by atoms with Crippen LogP contribution < -0.4 is 10.6 Å². The van der Waals surface area contributed by atoms with E-state index in [4.69, 9.17) is 0 Å². The number of hydrogen-bond donors (Lipinski definition) is 2. The van der Waals surface area contributed by atoms with Gasteiger partial charge in [-0.1, -0.05) is 0 Å². The Morgan fingerprint density at radius 2 is 1.88 bits per heavy atom. The Balaban J connectivity index is 0.00000144. The Hall–Kier alpha value is -1.57. The molecule has 24 heavy (non-hydrogen) atoms. The van der Waals surface area contributed by atoms with Gasteiger partial charge in [-0.2, -0.15) is 10.2 Å². The maximum absolute atomic E-state index is 12.9. The molecular weight excluding hydrogens is 351 g/mol. The van der Waals surface area contributed by atoms with Gasteiger partial charge in [-0.15, -0.1) is 24.8 Å². The normalized spacial score (nSPS) is 17.2. The molecule has 0 aliphatic carbocycles. The molecule has 3 heterocycles. The number of carbonyl (C=O) groups excluding carboxylic acids is 1. The van der Waals surface area contributed by atoms with Crippen LogP contribution >= 0.6 is 24.8 Å². The number of rotatable bonds is 5. The standard InChI is InChI=1S/C15H22N6O.2ClH/c1-13(12-20-10-2-6-17-20)19-14(22)15(4-8-16-9-5-15)21-11-3-7-18-21;;/h2-3,6-7,10-11,13,16H,4-5,8-9,12H2,1H3,(H,19,22);2*1H. The van der Waals surface area contributed by atoms with Crippen LogP contribution in [-0.2, 0) is 16.9 Å². The molecule has 9 heteroatoms. The summed E-state index contributed by atoms with van der Waals surface area (Å²) in [6, 6.07) is 3.76. The first-order valence-corrected chi connectivity index (χ1v) is 7.70. The fourth-order valence-electron chi connectivity index (χ4n) is 3.02. The van der Waals surface area contributed by atoms with Crippen molar-refractivity contribution >= 4 is 30.7 Å². The third-order valence-electron chi connectivity index (χ3n) is 4.19. The lowest BCUT2D eigenvalue weighted by atomic mass is 9.87. The van der Waals surface area contributed by atoms with Crippen molar-refractivity contribution < 1.29 is 4.79 Å². The minimum Gasteiger partial charge on any atom is -0.350 e. The Labute approximate surface area is 154 Å². The lowest BCUT2D eigenvalue weighted by Gasteiger charge is -2.37. The van der Waals surface area contributed by atoms with E-state index in [2.05, 4.69) is 20.8 Å². The molecule has 0 aromatic carbocycles. The highest BCUT2D eigenvalue weighted by Crippen LogP contribution is 2.27. The van der Waals surface area contributed by atoms with Crippen LogP contribution in [-0.4, -0.2) is 44.6 Å². The van der Waals surface area contributed by atoms with Crippen molar-refractivity contribution in [2.75, 3.05) is 13.1 Å². The summed E-state index contributed by atoms with van der Waals surface area (Å²) in [7, 11) is 0. The first kappa shape index (κ1) is 20.5. The van der Waals surface area contributed by atoms with E-state index in [0.717, 1.165) is 25.9 Å². The van der Waals surface area contributed by atoms with E-state index in [-0.39, 0.29) is 36.8 Å². The molecule has 0 spiro atoms. The van der Waals surface area contributed by atoms with Gasteiger partial charge in [-0.3, -0.25) is 14.2 Å². The number of hydrogen-bond acceptors (Lipinski definition) is 4. The Kier molecular flexibility index (Phi) is 7.72. The number of amides is 1. The van der Waals surface area contributed by atoms with Gasteiger partial charge in [0.1, 0.15) is 5.54 Å². The van der Waals surface area contributed by atoms with E-state index in [1.54, 1.807) is 12.4 Å². The van der Waals surface area contributed by atoms with E-state index >= 15 is 0 Å². The summed E-state index contributed by atoms with van der Waals surface area (Å²) in [5.74, 6) is 0.0392. The summed E-state index contributed by atoms with van der Waals surface area (Å²) in [5, 5.41) is 14.9. The predicted octanol–water partition coefficient (Wildman–Crippen LogP) is 1.21. The molecule has 7 nitrogen and oxygen atoms in total. The number of nitrogens with one attached hydrogen (secondary N) is 2. The second-order valence-electron chi connectivity index (χ2n) is 5.83. The maximum Gasteiger partial charge on any atom is 0.248 e. The van der Waals surface area contributed by atoms with Crippen molar-refractivity contribution in [2.45, 2.75) is 37.9 Å². The minimum atomic E-state index is -0.590. The van der Waals surface area contributed by atoms with Gasteiger partial charge in [0.15, 0.2) is 0 Å². The van der Waals surface area contributed by atoms with Crippen molar-refractivity contribution in [1.29, 1.82) is 0 Å². The Morgan fingerprint density at radius 1 is 1.21 bits per heavy atom. The Morgan fingerprint density at radius 3 is 2.46 bits per heavy atom. The highest BCUT2D eigenvalue weighted by Gasteiger charge is 2.42. The van der Waals surface area contributed by atoms with Crippen LogP contribution in [0.2, 0.25) is 0 Å². The zero-order chi connectivity index (χ0) is 15.4. The number of carbonyl (C=O) groups is 1. The molecule has 0 bridgehead atoms. The summed E-state index contributed by atoms with van der Waals surface area (Å²) in [5.41, 5.74) is -0.590. The number of halogens is 2. The first-order chi connectivity index (χ1) is 10.7. The second kappa shape index (κ2) is 9.05. The molecule has 1 atom stereocenters. The van der Waals surface area contributed by atoms with E-state index in [1.165, 1.54) is 0 Å². The largest absolute Gasteiger partial charge is 0.350 e. The molecule has 2 aromatic heterocycles. The van der Waals surface area contributed by atoms with Crippen LogP contribution in [0.4, 0.5) is 0 Å². The zero-order valence-electron chi connectivity index (χ0n) is 13.6. The third kappa shape index (κ3) is 4.28. The lowest BCUT2D eigenvalue weighted by molar-refractivity contribution is -0.132. The highest BCUT2D eigenvalue weighted by atomic mass is 35.5. The van der Waals surface area contributed by atoms with Crippen LogP contribution in [0.5, 0.6) is 0 Å². The molecule has 1 unspecified atom stereocenters. The molecule has 134 valence electrons. The summed E-state index contributed by atoms with van der Waals surface area (Å²) in [4.78, 5) is 12.9. The lowest BCUT2D eigenvalue weighted by Crippen LogP contribution is -2.56. The van der Waals surface area contributed by atoms with Crippen molar-refractivity contribution in [3.05, 3.63) is 36.9 Å². The third-order valence-corrected chi connectivity index (χ3v) is 4.19. The van der Waals surface area contributed by atoms with Gasteiger partial charge in [0.25, 0.3) is 0 Å². The SMILES string of the molecule is CC(Cn1cccn1)NC(=O)C1(n2cccn2)CCNCC1.Cl.Cl. The van der Waals surface area contributed by atoms with Gasteiger partial charge < -0.3 is 10.6 Å². The van der Waals surface area contributed by atoms with Gasteiger partial charge in [0, 0.05) is 30.8 Å².